The average Bonchev–Trinajstić information content (AvgIpc) is 2.95. The number of hydrogen-bond acceptors (Lipinski definition) is 2. The number of fused-ring (bicyclic) bond motifs is 1. The second-order valence-electron chi connectivity index (χ2n) is 5.26. The molecule has 0 spiro atoms. The molecule has 3 nitrogen and oxygen atoms in total. The second kappa shape index (κ2) is 3.95. The average molecular weight is 243 g/mol. The molecule has 1 aromatic carbocycles. The van der Waals surface area contributed by atoms with Crippen LogP contribution >= 0.6 is 0 Å². The molecule has 1 atom stereocenters. The van der Waals surface area contributed by atoms with Gasteiger partial charge in [-0.3, -0.25) is 4.79 Å². The molecule has 1 aliphatic heterocycles. The van der Waals surface area contributed by atoms with Crippen molar-refractivity contribution in [3.8, 4) is 0 Å². The van der Waals surface area contributed by atoms with Crippen molar-refractivity contribution in [2.24, 2.45) is 0 Å². The lowest BCUT2D eigenvalue weighted by Gasteiger charge is -2.20. The monoisotopic (exact) mass is 243 g/mol. The quantitative estimate of drug-likeness (QED) is 0.823. The molecule has 1 aliphatic rings. The number of aromatic nitrogens is 1. The van der Waals surface area contributed by atoms with E-state index in [4.69, 9.17) is 4.74 Å². The zero-order valence-corrected chi connectivity index (χ0v) is 10.7. The highest BCUT2D eigenvalue weighted by molar-refractivity contribution is 6.11. The highest BCUT2D eigenvalue weighted by Crippen LogP contribution is 2.31. The third-order valence-corrected chi connectivity index (χ3v) is 3.78. The van der Waals surface area contributed by atoms with E-state index >= 15 is 0 Å². The van der Waals surface area contributed by atoms with Crippen molar-refractivity contribution in [2.45, 2.75) is 32.3 Å². The molecule has 1 aromatic heterocycles. The van der Waals surface area contributed by atoms with Gasteiger partial charge in [-0.1, -0.05) is 12.1 Å². The van der Waals surface area contributed by atoms with Gasteiger partial charge in [-0.2, -0.15) is 0 Å². The molecule has 1 fully saturated rings. The Labute approximate surface area is 106 Å². The Morgan fingerprint density at radius 1 is 1.44 bits per heavy atom. The van der Waals surface area contributed by atoms with Crippen LogP contribution in [0.25, 0.3) is 10.9 Å². The highest BCUT2D eigenvalue weighted by atomic mass is 16.5. The van der Waals surface area contributed by atoms with Crippen molar-refractivity contribution < 1.29 is 9.53 Å². The molecule has 1 saturated heterocycles. The van der Waals surface area contributed by atoms with Crippen molar-refractivity contribution in [3.05, 3.63) is 35.5 Å². The third-order valence-electron chi connectivity index (χ3n) is 3.78. The molecular weight excluding hydrogens is 226 g/mol. The fraction of sp³-hybridized carbons (Fsp3) is 0.400. The number of aryl methyl sites for hydroxylation is 1. The summed E-state index contributed by atoms with van der Waals surface area (Å²) in [5.74, 6) is 0.0927. The second-order valence-corrected chi connectivity index (χ2v) is 5.26. The summed E-state index contributed by atoms with van der Waals surface area (Å²) in [5, 5.41) is 0.988. The SMILES string of the molecule is Cc1ccc2c(C(=O)C3(C)CCCO3)c[nH]c2c1. The van der Waals surface area contributed by atoms with E-state index in [-0.39, 0.29) is 5.78 Å². The molecule has 0 bridgehead atoms. The number of benzene rings is 1. The van der Waals surface area contributed by atoms with E-state index in [9.17, 15) is 4.79 Å². The Kier molecular flexibility index (Phi) is 2.52. The minimum atomic E-state index is -0.639. The number of rotatable bonds is 2. The Morgan fingerprint density at radius 2 is 2.28 bits per heavy atom. The molecule has 18 heavy (non-hydrogen) atoms. The number of aromatic amines is 1. The third kappa shape index (κ3) is 1.66. The van der Waals surface area contributed by atoms with Gasteiger partial charge >= 0.3 is 0 Å². The van der Waals surface area contributed by atoms with E-state index in [0.29, 0.717) is 6.61 Å². The normalized spacial score (nSPS) is 23.7. The predicted molar refractivity (Wildman–Crippen MR) is 71.0 cm³/mol. The lowest BCUT2D eigenvalue weighted by atomic mass is 9.92. The first-order valence-electron chi connectivity index (χ1n) is 6.37. The zero-order valence-electron chi connectivity index (χ0n) is 10.7. The van der Waals surface area contributed by atoms with Crippen LogP contribution in [0, 0.1) is 6.92 Å². The number of Topliss-reactive ketones (excluding diaryl/α,β-unsaturated/α-hetero) is 1. The first kappa shape index (κ1) is 11.5. The summed E-state index contributed by atoms with van der Waals surface area (Å²) < 4.78 is 5.64. The van der Waals surface area contributed by atoms with E-state index in [1.165, 1.54) is 5.56 Å². The van der Waals surface area contributed by atoms with Crippen molar-refractivity contribution in [1.82, 2.24) is 4.98 Å². The number of nitrogens with one attached hydrogen (secondary N) is 1. The van der Waals surface area contributed by atoms with Gasteiger partial charge in [0.15, 0.2) is 5.78 Å². The maximum atomic E-state index is 12.6. The fourth-order valence-electron chi connectivity index (χ4n) is 2.67. The highest BCUT2D eigenvalue weighted by Gasteiger charge is 2.39. The molecule has 1 N–H and O–H groups in total. The summed E-state index contributed by atoms with van der Waals surface area (Å²) in [5.41, 5.74) is 2.31. The van der Waals surface area contributed by atoms with E-state index < -0.39 is 5.60 Å². The van der Waals surface area contributed by atoms with E-state index in [1.54, 1.807) is 6.20 Å². The van der Waals surface area contributed by atoms with Gasteiger partial charge in [0.2, 0.25) is 0 Å². The number of hydrogen-bond donors (Lipinski definition) is 1. The number of carbonyl (C=O) groups excluding carboxylic acids is 1. The Hall–Kier alpha value is -1.61. The summed E-state index contributed by atoms with van der Waals surface area (Å²) in [6, 6.07) is 6.10. The van der Waals surface area contributed by atoms with Crippen LogP contribution in [0.3, 0.4) is 0 Å². The Balaban J connectivity index is 2.07. The van der Waals surface area contributed by atoms with Crippen molar-refractivity contribution >= 4 is 16.7 Å². The van der Waals surface area contributed by atoms with Crippen LogP contribution < -0.4 is 0 Å². The van der Waals surface area contributed by atoms with Gasteiger partial charge in [-0.15, -0.1) is 0 Å². The fourth-order valence-corrected chi connectivity index (χ4v) is 2.67. The number of ether oxygens (including phenoxy) is 1. The van der Waals surface area contributed by atoms with Gasteiger partial charge in [0.25, 0.3) is 0 Å². The van der Waals surface area contributed by atoms with Gasteiger partial charge < -0.3 is 9.72 Å². The van der Waals surface area contributed by atoms with Gasteiger partial charge in [-0.25, -0.2) is 0 Å². The standard InChI is InChI=1S/C15H17NO2/c1-10-4-5-11-12(9-16-13(11)8-10)14(17)15(2)6-3-7-18-15/h4-5,8-9,16H,3,6-7H2,1-2H3. The van der Waals surface area contributed by atoms with E-state index in [2.05, 4.69) is 11.1 Å². The largest absolute Gasteiger partial charge is 0.367 e. The van der Waals surface area contributed by atoms with Crippen LogP contribution in [0.5, 0.6) is 0 Å². The van der Waals surface area contributed by atoms with Crippen molar-refractivity contribution in [2.75, 3.05) is 6.61 Å². The predicted octanol–water partition coefficient (Wildman–Crippen LogP) is 3.23. The lowest BCUT2D eigenvalue weighted by molar-refractivity contribution is 0.0215. The summed E-state index contributed by atoms with van der Waals surface area (Å²) >= 11 is 0. The molecular formula is C15H17NO2. The molecule has 0 radical (unpaired) electrons. The molecule has 2 aromatic rings. The molecule has 2 heterocycles. The van der Waals surface area contributed by atoms with Crippen LogP contribution in [0.1, 0.15) is 35.7 Å². The molecule has 94 valence electrons. The minimum Gasteiger partial charge on any atom is -0.367 e. The summed E-state index contributed by atoms with van der Waals surface area (Å²) in [7, 11) is 0. The molecule has 0 saturated carbocycles. The summed E-state index contributed by atoms with van der Waals surface area (Å²) in [6.45, 7) is 4.63. The topological polar surface area (TPSA) is 42.1 Å². The van der Waals surface area contributed by atoms with Gasteiger partial charge in [-0.05, 0) is 38.3 Å². The molecule has 1 unspecified atom stereocenters. The van der Waals surface area contributed by atoms with E-state index in [1.807, 2.05) is 26.0 Å². The lowest BCUT2D eigenvalue weighted by Crippen LogP contribution is -2.34. The summed E-state index contributed by atoms with van der Waals surface area (Å²) in [4.78, 5) is 15.8. The molecule has 0 amide bonds. The first-order valence-corrected chi connectivity index (χ1v) is 6.37. The van der Waals surface area contributed by atoms with Crippen LogP contribution in [0.15, 0.2) is 24.4 Å². The van der Waals surface area contributed by atoms with E-state index in [0.717, 1.165) is 29.3 Å². The number of ketones is 1. The van der Waals surface area contributed by atoms with Gasteiger partial charge in [0, 0.05) is 29.3 Å². The van der Waals surface area contributed by atoms with Crippen LogP contribution in [-0.4, -0.2) is 23.0 Å². The maximum Gasteiger partial charge on any atom is 0.196 e. The molecule has 3 rings (SSSR count). The Morgan fingerprint density at radius 3 is 3.00 bits per heavy atom. The van der Waals surface area contributed by atoms with Gasteiger partial charge in [0.05, 0.1) is 0 Å². The molecule has 3 heteroatoms. The van der Waals surface area contributed by atoms with Crippen LogP contribution in [0.2, 0.25) is 0 Å². The number of H-pyrrole nitrogens is 1. The van der Waals surface area contributed by atoms with Crippen LogP contribution in [0.4, 0.5) is 0 Å². The van der Waals surface area contributed by atoms with Crippen LogP contribution in [-0.2, 0) is 4.74 Å². The summed E-state index contributed by atoms with van der Waals surface area (Å²) in [6.07, 6.45) is 3.58. The first-order chi connectivity index (χ1) is 8.60. The zero-order chi connectivity index (χ0) is 12.8. The molecule has 0 aliphatic carbocycles. The van der Waals surface area contributed by atoms with Gasteiger partial charge in [0.1, 0.15) is 5.60 Å². The smallest absolute Gasteiger partial charge is 0.196 e. The maximum absolute atomic E-state index is 12.6. The van der Waals surface area contributed by atoms with Crippen molar-refractivity contribution in [3.63, 3.8) is 0 Å². The Bertz CT molecular complexity index is 606. The van der Waals surface area contributed by atoms with Crippen molar-refractivity contribution in [1.29, 1.82) is 0 Å². The minimum absolute atomic E-state index is 0.0927. The number of carbonyl (C=O) groups is 1.